The van der Waals surface area contributed by atoms with Gasteiger partial charge in [-0.05, 0) is 58.0 Å². The van der Waals surface area contributed by atoms with Gasteiger partial charge >= 0.3 is 5.97 Å². The van der Waals surface area contributed by atoms with Crippen LogP contribution in [0.15, 0.2) is 0 Å². The molecular weight excluding hydrogens is 444 g/mol. The van der Waals surface area contributed by atoms with E-state index in [0.29, 0.717) is 45.2 Å². The summed E-state index contributed by atoms with van der Waals surface area (Å²) in [7, 11) is 0. The van der Waals surface area contributed by atoms with Crippen molar-refractivity contribution < 1.29 is 29.4 Å². The van der Waals surface area contributed by atoms with Crippen LogP contribution in [0.4, 0.5) is 0 Å². The van der Waals surface area contributed by atoms with Gasteiger partial charge in [-0.25, -0.2) is 4.79 Å². The van der Waals surface area contributed by atoms with Crippen molar-refractivity contribution in [3.8, 4) is 0 Å². The Bertz CT molecular complexity index is 647. The summed E-state index contributed by atoms with van der Waals surface area (Å²) in [6.07, 6.45) is 2.40. The number of carboxylic acid groups (broad SMARTS) is 1. The van der Waals surface area contributed by atoms with Gasteiger partial charge < -0.3 is 43.4 Å². The van der Waals surface area contributed by atoms with Crippen molar-refractivity contribution in [2.75, 3.05) is 13.1 Å². The molecule has 0 aromatic carbocycles. The van der Waals surface area contributed by atoms with E-state index in [1.807, 2.05) is 6.92 Å². The first-order chi connectivity index (χ1) is 16.0. The number of unbranched alkanes of at least 4 members (excludes halogenated alkanes) is 2. The zero-order valence-corrected chi connectivity index (χ0v) is 20.6. The zero-order valence-electron chi connectivity index (χ0n) is 20.6. The van der Waals surface area contributed by atoms with Gasteiger partial charge in [-0.3, -0.25) is 14.4 Å². The third-order valence-electron chi connectivity index (χ3n) is 5.73. The maximum atomic E-state index is 13.1. The van der Waals surface area contributed by atoms with Gasteiger partial charge in [0.15, 0.2) is 6.04 Å². The molecule has 0 heterocycles. The average molecular weight is 489 g/mol. The minimum atomic E-state index is -1.53. The topological polar surface area (TPSA) is 223 Å². The summed E-state index contributed by atoms with van der Waals surface area (Å²) in [5.74, 6) is -3.44. The van der Waals surface area contributed by atoms with E-state index in [-0.39, 0.29) is 12.3 Å². The molecule has 0 aromatic rings. The molecule has 12 nitrogen and oxygen atoms in total. The number of carbonyl (C=O) groups is 4. The fraction of sp³-hybridized carbons (Fsp3) is 0.818. The van der Waals surface area contributed by atoms with Crippen molar-refractivity contribution in [2.24, 2.45) is 23.1 Å². The van der Waals surface area contributed by atoms with Crippen molar-refractivity contribution in [1.29, 1.82) is 0 Å². The van der Waals surface area contributed by atoms with Crippen LogP contribution in [0.5, 0.6) is 0 Å². The molecule has 0 saturated heterocycles. The molecule has 0 bridgehead atoms. The molecule has 11 N–H and O–H groups in total. The van der Waals surface area contributed by atoms with Crippen molar-refractivity contribution in [1.82, 2.24) is 16.0 Å². The molecule has 0 saturated carbocycles. The highest BCUT2D eigenvalue weighted by Gasteiger charge is 2.33. The summed E-state index contributed by atoms with van der Waals surface area (Å²) < 4.78 is 0. The molecule has 0 aromatic heterocycles. The zero-order chi connectivity index (χ0) is 26.3. The van der Waals surface area contributed by atoms with E-state index in [4.69, 9.17) is 17.2 Å². The van der Waals surface area contributed by atoms with E-state index >= 15 is 0 Å². The molecule has 0 fully saturated rings. The van der Waals surface area contributed by atoms with Crippen LogP contribution in [0.2, 0.25) is 0 Å². The van der Waals surface area contributed by atoms with E-state index < -0.39 is 54.0 Å². The summed E-state index contributed by atoms with van der Waals surface area (Å²) in [6, 6.07) is -4.33. The molecule has 34 heavy (non-hydrogen) atoms. The molecule has 0 spiro atoms. The van der Waals surface area contributed by atoms with Crippen LogP contribution in [0, 0.1) is 5.92 Å². The molecule has 0 radical (unpaired) electrons. The number of aliphatic carboxylic acids is 1. The minimum Gasteiger partial charge on any atom is -0.480 e. The Morgan fingerprint density at radius 1 is 0.794 bits per heavy atom. The molecule has 0 aliphatic carbocycles. The number of aliphatic hydroxyl groups is 1. The second-order valence-corrected chi connectivity index (χ2v) is 8.67. The molecule has 0 rings (SSSR count). The first-order valence-electron chi connectivity index (χ1n) is 12.0. The highest BCUT2D eigenvalue weighted by molar-refractivity contribution is 5.94. The highest BCUT2D eigenvalue weighted by Crippen LogP contribution is 2.11. The number of nitrogens with two attached hydrogens (primary N) is 3. The summed E-state index contributed by atoms with van der Waals surface area (Å²) >= 11 is 0. The fourth-order valence-electron chi connectivity index (χ4n) is 3.27. The average Bonchev–Trinajstić information content (AvgIpc) is 2.78. The second kappa shape index (κ2) is 17.2. The van der Waals surface area contributed by atoms with E-state index in [0.717, 1.165) is 6.42 Å². The molecule has 6 atom stereocenters. The summed E-state index contributed by atoms with van der Waals surface area (Å²) in [4.78, 5) is 49.8. The van der Waals surface area contributed by atoms with Gasteiger partial charge in [0.05, 0.1) is 12.1 Å². The van der Waals surface area contributed by atoms with Crippen molar-refractivity contribution in [3.63, 3.8) is 0 Å². The monoisotopic (exact) mass is 488 g/mol. The predicted octanol–water partition coefficient (Wildman–Crippen LogP) is -1.46. The van der Waals surface area contributed by atoms with Crippen LogP contribution in [0.25, 0.3) is 0 Å². The molecule has 12 heteroatoms. The summed E-state index contributed by atoms with van der Waals surface area (Å²) in [6.45, 7) is 5.79. The van der Waals surface area contributed by atoms with Gasteiger partial charge in [-0.15, -0.1) is 0 Å². The maximum absolute atomic E-state index is 13.1. The Labute approximate surface area is 201 Å². The number of amides is 3. The Morgan fingerprint density at radius 2 is 1.32 bits per heavy atom. The lowest BCUT2D eigenvalue weighted by molar-refractivity contribution is -0.145. The first kappa shape index (κ1) is 31.7. The third kappa shape index (κ3) is 11.7. The molecule has 198 valence electrons. The molecule has 0 aliphatic heterocycles. The number of nitrogens with one attached hydrogen (secondary N) is 3. The maximum Gasteiger partial charge on any atom is 0.328 e. The van der Waals surface area contributed by atoms with Gasteiger partial charge in [0.25, 0.3) is 0 Å². The van der Waals surface area contributed by atoms with Crippen LogP contribution in [0.1, 0.15) is 65.7 Å². The number of carboxylic acids is 1. The van der Waals surface area contributed by atoms with Gasteiger partial charge in [0.1, 0.15) is 12.1 Å². The second-order valence-electron chi connectivity index (χ2n) is 8.67. The van der Waals surface area contributed by atoms with Crippen molar-refractivity contribution in [2.45, 2.75) is 96.0 Å². The summed E-state index contributed by atoms with van der Waals surface area (Å²) in [5, 5.41) is 26.5. The minimum absolute atomic E-state index is 0.209. The lowest BCUT2D eigenvalue weighted by Gasteiger charge is -2.28. The number of hydrogen-bond acceptors (Lipinski definition) is 8. The van der Waals surface area contributed by atoms with E-state index in [9.17, 15) is 29.4 Å². The summed E-state index contributed by atoms with van der Waals surface area (Å²) in [5.41, 5.74) is 16.9. The Balaban J connectivity index is 5.47. The van der Waals surface area contributed by atoms with Crippen LogP contribution < -0.4 is 33.2 Å². The Morgan fingerprint density at radius 3 is 1.79 bits per heavy atom. The van der Waals surface area contributed by atoms with Gasteiger partial charge in [0.2, 0.25) is 17.7 Å². The smallest absolute Gasteiger partial charge is 0.328 e. The largest absolute Gasteiger partial charge is 0.480 e. The fourth-order valence-corrected chi connectivity index (χ4v) is 3.27. The first-order valence-corrected chi connectivity index (χ1v) is 12.0. The third-order valence-corrected chi connectivity index (χ3v) is 5.73. The number of hydrogen-bond donors (Lipinski definition) is 8. The standard InChI is InChI=1S/C22H44N6O6/c1-4-13(2)17(27-19(30)15(25)9-5-7-11-23)21(32)26-16(10-6-8-12-24)20(31)28-18(14(3)29)22(33)34/h13-18,29H,4-12,23-25H2,1-3H3,(H,26,32)(H,27,30)(H,28,31)(H,33,34). The van der Waals surface area contributed by atoms with Gasteiger partial charge in [-0.1, -0.05) is 26.7 Å². The van der Waals surface area contributed by atoms with E-state index in [1.54, 1.807) is 6.92 Å². The molecular formula is C22H44N6O6. The lowest BCUT2D eigenvalue weighted by atomic mass is 9.96. The molecule has 0 aliphatic rings. The van der Waals surface area contributed by atoms with Gasteiger partial charge in [-0.2, -0.15) is 0 Å². The molecule has 3 amide bonds. The van der Waals surface area contributed by atoms with Gasteiger partial charge in [0, 0.05) is 0 Å². The van der Waals surface area contributed by atoms with E-state index in [1.165, 1.54) is 6.92 Å². The Kier molecular flexibility index (Phi) is 16.0. The van der Waals surface area contributed by atoms with Crippen LogP contribution in [-0.4, -0.2) is 77.3 Å². The lowest BCUT2D eigenvalue weighted by Crippen LogP contribution is -2.59. The number of carbonyl (C=O) groups excluding carboxylic acids is 3. The van der Waals surface area contributed by atoms with E-state index in [2.05, 4.69) is 16.0 Å². The van der Waals surface area contributed by atoms with Crippen LogP contribution in [-0.2, 0) is 19.2 Å². The normalized spacial score (nSPS) is 16.4. The number of aliphatic hydroxyl groups excluding tert-OH is 1. The van der Waals surface area contributed by atoms with Crippen molar-refractivity contribution >= 4 is 23.7 Å². The van der Waals surface area contributed by atoms with Crippen molar-refractivity contribution in [3.05, 3.63) is 0 Å². The highest BCUT2D eigenvalue weighted by atomic mass is 16.4. The number of rotatable bonds is 18. The Hall–Kier alpha value is -2.28. The SMILES string of the molecule is CCC(C)C(NC(=O)C(N)CCCCN)C(=O)NC(CCCCN)C(=O)NC(C(=O)O)C(C)O. The quantitative estimate of drug-likeness (QED) is 0.105. The van der Waals surface area contributed by atoms with Crippen LogP contribution in [0.3, 0.4) is 0 Å². The predicted molar refractivity (Wildman–Crippen MR) is 128 cm³/mol. The van der Waals surface area contributed by atoms with Crippen LogP contribution >= 0.6 is 0 Å². The molecule has 6 unspecified atom stereocenters.